The zero-order chi connectivity index (χ0) is 17.1. The van der Waals surface area contributed by atoms with Crippen molar-refractivity contribution in [3.8, 4) is 0 Å². The maximum atomic E-state index is 11.9. The first-order valence-electron chi connectivity index (χ1n) is 7.05. The van der Waals surface area contributed by atoms with Gasteiger partial charge in [-0.05, 0) is 30.7 Å². The molecule has 8 heteroatoms. The van der Waals surface area contributed by atoms with Gasteiger partial charge in [-0.1, -0.05) is 41.1 Å². The van der Waals surface area contributed by atoms with Gasteiger partial charge in [0, 0.05) is 11.8 Å². The van der Waals surface area contributed by atoms with Gasteiger partial charge in [0.1, 0.15) is 5.82 Å². The Bertz CT molecular complexity index is 949. The highest BCUT2D eigenvalue weighted by molar-refractivity contribution is 7.17. The van der Waals surface area contributed by atoms with Crippen LogP contribution in [0.1, 0.15) is 10.4 Å². The van der Waals surface area contributed by atoms with Crippen LogP contribution in [0.25, 0.3) is 0 Å². The fraction of sp³-hybridized carbons (Fsp3) is 0.0625. The zero-order valence-corrected chi connectivity index (χ0v) is 14.3. The van der Waals surface area contributed by atoms with E-state index < -0.39 is 0 Å². The summed E-state index contributed by atoms with van der Waals surface area (Å²) in [5.74, 6) is 0.263. The lowest BCUT2D eigenvalue weighted by Gasteiger charge is -2.03. The summed E-state index contributed by atoms with van der Waals surface area (Å²) in [6, 6.07) is 12.8. The van der Waals surface area contributed by atoms with E-state index in [0.29, 0.717) is 15.2 Å². The van der Waals surface area contributed by atoms with Crippen LogP contribution in [0.5, 0.6) is 0 Å². The molecule has 0 fully saturated rings. The molecule has 0 unspecified atom stereocenters. The summed E-state index contributed by atoms with van der Waals surface area (Å²) < 4.78 is 1.12. The zero-order valence-electron chi connectivity index (χ0n) is 12.7. The molecule has 0 saturated heterocycles. The SMILES string of the molecule is Cc1cc(N)n(/N=C/c2sc(Nc3ccccc3)nc2Cl)c(=O)c1. The molecule has 0 spiro atoms. The summed E-state index contributed by atoms with van der Waals surface area (Å²) in [6.07, 6.45) is 1.48. The van der Waals surface area contributed by atoms with Gasteiger partial charge in [0.2, 0.25) is 0 Å². The van der Waals surface area contributed by atoms with E-state index in [1.807, 2.05) is 30.3 Å². The van der Waals surface area contributed by atoms with Gasteiger partial charge in [0.15, 0.2) is 10.3 Å². The van der Waals surface area contributed by atoms with Crippen LogP contribution in [0.4, 0.5) is 16.6 Å². The quantitative estimate of drug-likeness (QED) is 0.698. The molecule has 0 aliphatic carbocycles. The Hall–Kier alpha value is -2.64. The Kier molecular flexibility index (Phi) is 4.64. The van der Waals surface area contributed by atoms with Crippen LogP contribution in [-0.2, 0) is 0 Å². The Balaban J connectivity index is 1.85. The molecule has 0 aliphatic heterocycles. The molecule has 24 heavy (non-hydrogen) atoms. The average Bonchev–Trinajstić information content (AvgIpc) is 2.87. The molecular formula is C16H14ClN5OS. The Morgan fingerprint density at radius 3 is 2.79 bits per heavy atom. The summed E-state index contributed by atoms with van der Waals surface area (Å²) >= 11 is 7.46. The van der Waals surface area contributed by atoms with Crippen LogP contribution in [0, 0.1) is 6.92 Å². The number of aromatic nitrogens is 2. The van der Waals surface area contributed by atoms with Crippen LogP contribution in [0.2, 0.25) is 5.15 Å². The van der Waals surface area contributed by atoms with E-state index >= 15 is 0 Å². The molecule has 2 aromatic heterocycles. The van der Waals surface area contributed by atoms with Crippen molar-refractivity contribution >= 4 is 45.8 Å². The number of rotatable bonds is 4. The number of anilines is 3. The largest absolute Gasteiger partial charge is 0.384 e. The third-order valence-corrected chi connectivity index (χ3v) is 4.41. The van der Waals surface area contributed by atoms with Crippen molar-refractivity contribution in [2.24, 2.45) is 5.10 Å². The third kappa shape index (κ3) is 3.64. The van der Waals surface area contributed by atoms with Gasteiger partial charge in [-0.2, -0.15) is 9.78 Å². The minimum atomic E-state index is -0.299. The number of nitrogens with two attached hydrogens (primary N) is 1. The number of benzene rings is 1. The Morgan fingerprint density at radius 2 is 2.08 bits per heavy atom. The summed E-state index contributed by atoms with van der Waals surface area (Å²) in [4.78, 5) is 16.8. The minimum absolute atomic E-state index is 0.263. The predicted octanol–water partition coefficient (Wildman–Crippen LogP) is 3.47. The van der Waals surface area contributed by atoms with Gasteiger partial charge in [0.25, 0.3) is 5.56 Å². The van der Waals surface area contributed by atoms with E-state index in [1.54, 1.807) is 13.0 Å². The average molecular weight is 360 g/mol. The smallest absolute Gasteiger partial charge is 0.273 e. The van der Waals surface area contributed by atoms with E-state index in [1.165, 1.54) is 23.6 Å². The normalized spacial score (nSPS) is 11.1. The van der Waals surface area contributed by atoms with E-state index in [-0.39, 0.29) is 11.4 Å². The Morgan fingerprint density at radius 1 is 1.33 bits per heavy atom. The molecule has 3 aromatic rings. The lowest BCUT2D eigenvalue weighted by molar-refractivity contribution is 0.844. The lowest BCUT2D eigenvalue weighted by atomic mass is 10.3. The number of nitrogens with one attached hydrogen (secondary N) is 1. The maximum Gasteiger partial charge on any atom is 0.273 e. The number of nitrogens with zero attached hydrogens (tertiary/aromatic N) is 3. The molecule has 0 aliphatic rings. The molecule has 0 amide bonds. The van der Waals surface area contributed by atoms with Crippen molar-refractivity contribution in [3.05, 3.63) is 68.4 Å². The second kappa shape index (κ2) is 6.86. The standard InChI is InChI=1S/C16H14ClN5OS/c1-10-7-13(18)22(14(23)8-10)19-9-12-15(17)21-16(24-12)20-11-5-3-2-4-6-11/h2-9H,18H2,1H3,(H,20,21)/b19-9+. The van der Waals surface area contributed by atoms with E-state index in [4.69, 9.17) is 17.3 Å². The maximum absolute atomic E-state index is 11.9. The Labute approximate surface area is 147 Å². The molecule has 3 rings (SSSR count). The van der Waals surface area contributed by atoms with E-state index in [2.05, 4.69) is 15.4 Å². The van der Waals surface area contributed by atoms with Crippen molar-refractivity contribution in [1.82, 2.24) is 9.66 Å². The predicted molar refractivity (Wildman–Crippen MR) is 99.7 cm³/mol. The summed E-state index contributed by atoms with van der Waals surface area (Å²) in [5, 5.41) is 8.21. The highest BCUT2D eigenvalue weighted by atomic mass is 35.5. The number of pyridine rings is 1. The van der Waals surface area contributed by atoms with Crippen LogP contribution < -0.4 is 16.6 Å². The van der Waals surface area contributed by atoms with Crippen LogP contribution in [0.15, 0.2) is 52.4 Å². The van der Waals surface area contributed by atoms with Crippen molar-refractivity contribution in [2.45, 2.75) is 6.92 Å². The molecule has 2 heterocycles. The highest BCUT2D eigenvalue weighted by Crippen LogP contribution is 2.27. The lowest BCUT2D eigenvalue weighted by Crippen LogP contribution is -2.19. The van der Waals surface area contributed by atoms with Gasteiger partial charge in [0.05, 0.1) is 11.1 Å². The number of halogens is 1. The van der Waals surface area contributed by atoms with E-state index in [0.717, 1.165) is 15.9 Å². The molecule has 0 atom stereocenters. The molecule has 0 radical (unpaired) electrons. The van der Waals surface area contributed by atoms with Crippen molar-refractivity contribution < 1.29 is 0 Å². The summed E-state index contributed by atoms with van der Waals surface area (Å²) in [7, 11) is 0. The second-order valence-corrected chi connectivity index (χ2v) is 6.41. The monoisotopic (exact) mass is 359 g/mol. The first-order valence-corrected chi connectivity index (χ1v) is 8.24. The molecule has 1 aromatic carbocycles. The molecular weight excluding hydrogens is 346 g/mol. The fourth-order valence-corrected chi connectivity index (χ4v) is 3.09. The topological polar surface area (TPSA) is 85.3 Å². The third-order valence-electron chi connectivity index (χ3n) is 3.11. The number of para-hydroxylation sites is 1. The van der Waals surface area contributed by atoms with Crippen molar-refractivity contribution in [1.29, 1.82) is 0 Å². The first kappa shape index (κ1) is 16.2. The van der Waals surface area contributed by atoms with Crippen LogP contribution in [-0.4, -0.2) is 15.9 Å². The summed E-state index contributed by atoms with van der Waals surface area (Å²) in [5.41, 5.74) is 7.22. The number of hydrogen-bond acceptors (Lipinski definition) is 6. The highest BCUT2D eigenvalue weighted by Gasteiger charge is 2.08. The fourth-order valence-electron chi connectivity index (χ4n) is 2.04. The van der Waals surface area contributed by atoms with Crippen LogP contribution >= 0.6 is 22.9 Å². The molecule has 122 valence electrons. The van der Waals surface area contributed by atoms with Crippen molar-refractivity contribution in [3.63, 3.8) is 0 Å². The molecule has 0 saturated carbocycles. The van der Waals surface area contributed by atoms with Crippen LogP contribution in [0.3, 0.4) is 0 Å². The van der Waals surface area contributed by atoms with Gasteiger partial charge in [-0.3, -0.25) is 4.79 Å². The molecule has 3 N–H and O–H groups in total. The molecule has 6 nitrogen and oxygen atoms in total. The van der Waals surface area contributed by atoms with Gasteiger partial charge >= 0.3 is 0 Å². The number of hydrogen-bond donors (Lipinski definition) is 2. The number of nitrogen functional groups attached to an aromatic ring is 1. The molecule has 0 bridgehead atoms. The van der Waals surface area contributed by atoms with Gasteiger partial charge < -0.3 is 11.1 Å². The van der Waals surface area contributed by atoms with E-state index in [9.17, 15) is 4.79 Å². The van der Waals surface area contributed by atoms with Crippen molar-refractivity contribution in [2.75, 3.05) is 11.1 Å². The second-order valence-electron chi connectivity index (χ2n) is 5.02. The minimum Gasteiger partial charge on any atom is -0.384 e. The summed E-state index contributed by atoms with van der Waals surface area (Å²) in [6.45, 7) is 1.80. The van der Waals surface area contributed by atoms with Gasteiger partial charge in [-0.15, -0.1) is 0 Å². The van der Waals surface area contributed by atoms with Gasteiger partial charge in [-0.25, -0.2) is 4.98 Å². The number of aryl methyl sites for hydroxylation is 1. The first-order chi connectivity index (χ1) is 11.5. The number of thiazole rings is 1.